The van der Waals surface area contributed by atoms with Gasteiger partial charge in [-0.25, -0.2) is 18.1 Å². The summed E-state index contributed by atoms with van der Waals surface area (Å²) in [4.78, 5) is 28.2. The van der Waals surface area contributed by atoms with Crippen molar-refractivity contribution in [2.45, 2.75) is 23.8 Å². The number of piperidine rings is 1. The molecule has 0 spiro atoms. The molecule has 2 fully saturated rings. The van der Waals surface area contributed by atoms with Gasteiger partial charge in [0.05, 0.1) is 10.6 Å². The number of nitrogens with zero attached hydrogens (tertiary/aromatic N) is 3. The Morgan fingerprint density at radius 2 is 1.52 bits per heavy atom. The summed E-state index contributed by atoms with van der Waals surface area (Å²) in [5.41, 5.74) is 0.549. The number of urea groups is 1. The number of carbonyl (C=O) groups excluding carboxylic acids is 2. The number of hydrogen-bond acceptors (Lipinski definition) is 4. The molecule has 2 aromatic carbocycles. The van der Waals surface area contributed by atoms with Crippen LogP contribution in [0.1, 0.15) is 12.8 Å². The molecular formula is C20H20ClN3O4S. The highest BCUT2D eigenvalue weighted by atomic mass is 35.5. The van der Waals surface area contributed by atoms with E-state index in [0.717, 1.165) is 0 Å². The number of amides is 3. The maximum absolute atomic E-state index is 12.8. The summed E-state index contributed by atoms with van der Waals surface area (Å²) in [5.74, 6) is -0.266. The number of benzene rings is 2. The van der Waals surface area contributed by atoms with Crippen LogP contribution in [0.3, 0.4) is 0 Å². The Morgan fingerprint density at radius 1 is 0.897 bits per heavy atom. The van der Waals surface area contributed by atoms with E-state index >= 15 is 0 Å². The molecule has 2 saturated heterocycles. The van der Waals surface area contributed by atoms with Gasteiger partial charge in [0.1, 0.15) is 6.54 Å². The zero-order valence-electron chi connectivity index (χ0n) is 15.6. The Morgan fingerprint density at radius 3 is 2.14 bits per heavy atom. The predicted molar refractivity (Wildman–Crippen MR) is 109 cm³/mol. The van der Waals surface area contributed by atoms with Gasteiger partial charge in [-0.2, -0.15) is 4.31 Å². The Hall–Kier alpha value is -2.42. The van der Waals surface area contributed by atoms with Crippen LogP contribution in [0.2, 0.25) is 5.02 Å². The largest absolute Gasteiger partial charge is 0.332 e. The van der Waals surface area contributed by atoms with E-state index in [1.54, 1.807) is 41.3 Å². The lowest BCUT2D eigenvalue weighted by Crippen LogP contribution is -2.48. The predicted octanol–water partition coefficient (Wildman–Crippen LogP) is 2.96. The van der Waals surface area contributed by atoms with E-state index < -0.39 is 10.0 Å². The van der Waals surface area contributed by atoms with Gasteiger partial charge in [0.2, 0.25) is 10.0 Å². The fourth-order valence-electron chi connectivity index (χ4n) is 3.79. The standard InChI is InChI=1S/C20H20ClN3O4S/c21-15-6-8-18(9-7-15)29(27,28)22-12-10-16(11-13-22)23-14-19(25)24(20(23)26)17-4-2-1-3-5-17/h1-9,16H,10-14H2. The average Bonchev–Trinajstić information content (AvgIpc) is 3.03. The molecule has 3 amide bonds. The van der Waals surface area contributed by atoms with Gasteiger partial charge in [0.25, 0.3) is 5.91 Å². The van der Waals surface area contributed by atoms with Gasteiger partial charge in [0.15, 0.2) is 0 Å². The second-order valence-corrected chi connectivity index (χ2v) is 9.44. The molecule has 0 aromatic heterocycles. The summed E-state index contributed by atoms with van der Waals surface area (Å²) in [7, 11) is -3.61. The van der Waals surface area contributed by atoms with Crippen LogP contribution in [0.25, 0.3) is 0 Å². The molecule has 2 aliphatic rings. The summed E-state index contributed by atoms with van der Waals surface area (Å²) in [6.07, 6.45) is 0.961. The van der Waals surface area contributed by atoms with Gasteiger partial charge < -0.3 is 4.90 Å². The Bertz CT molecular complexity index is 1020. The zero-order chi connectivity index (χ0) is 20.6. The molecule has 2 heterocycles. The van der Waals surface area contributed by atoms with Crippen molar-refractivity contribution in [1.82, 2.24) is 9.21 Å². The van der Waals surface area contributed by atoms with Crippen molar-refractivity contribution in [3.63, 3.8) is 0 Å². The highest BCUT2D eigenvalue weighted by Gasteiger charge is 2.42. The van der Waals surface area contributed by atoms with Crippen LogP contribution in [-0.4, -0.2) is 55.2 Å². The van der Waals surface area contributed by atoms with E-state index in [4.69, 9.17) is 11.6 Å². The average molecular weight is 434 g/mol. The van der Waals surface area contributed by atoms with Crippen LogP contribution in [0.5, 0.6) is 0 Å². The molecule has 7 nitrogen and oxygen atoms in total. The quantitative estimate of drug-likeness (QED) is 0.694. The summed E-state index contributed by atoms with van der Waals surface area (Å²) in [5, 5.41) is 0.475. The first kappa shape index (κ1) is 19.9. The molecule has 0 aliphatic carbocycles. The van der Waals surface area contributed by atoms with Crippen LogP contribution in [0.15, 0.2) is 59.5 Å². The number of rotatable bonds is 4. The highest BCUT2D eigenvalue weighted by Crippen LogP contribution is 2.28. The van der Waals surface area contributed by atoms with Gasteiger partial charge in [0, 0.05) is 24.2 Å². The molecule has 0 N–H and O–H groups in total. The number of imide groups is 1. The van der Waals surface area contributed by atoms with Gasteiger partial charge in [-0.05, 0) is 49.2 Å². The number of sulfonamides is 1. The Balaban J connectivity index is 1.44. The molecule has 0 saturated carbocycles. The van der Waals surface area contributed by atoms with Crippen molar-refractivity contribution in [2.75, 3.05) is 24.5 Å². The SMILES string of the molecule is O=C1CN(C2CCN(S(=O)(=O)c3ccc(Cl)cc3)CC2)C(=O)N1c1ccccc1. The Labute approximate surface area is 174 Å². The third-order valence-electron chi connectivity index (χ3n) is 5.32. The van der Waals surface area contributed by atoms with E-state index in [-0.39, 0.29) is 29.4 Å². The molecular weight excluding hydrogens is 414 g/mol. The normalized spacial score (nSPS) is 19.2. The number of hydrogen-bond donors (Lipinski definition) is 0. The van der Waals surface area contributed by atoms with E-state index in [1.165, 1.54) is 21.3 Å². The fraction of sp³-hybridized carbons (Fsp3) is 0.300. The minimum atomic E-state index is -3.61. The number of anilines is 1. The first-order chi connectivity index (χ1) is 13.9. The van der Waals surface area contributed by atoms with Crippen LogP contribution < -0.4 is 4.90 Å². The third kappa shape index (κ3) is 3.75. The maximum Gasteiger partial charge on any atom is 0.332 e. The van der Waals surface area contributed by atoms with Crippen molar-refractivity contribution in [2.24, 2.45) is 0 Å². The third-order valence-corrected chi connectivity index (χ3v) is 7.49. The van der Waals surface area contributed by atoms with Crippen LogP contribution in [-0.2, 0) is 14.8 Å². The molecule has 4 rings (SSSR count). The molecule has 0 bridgehead atoms. The lowest BCUT2D eigenvalue weighted by atomic mass is 10.1. The van der Waals surface area contributed by atoms with Gasteiger partial charge in [-0.1, -0.05) is 29.8 Å². The van der Waals surface area contributed by atoms with Crippen molar-refractivity contribution >= 4 is 39.2 Å². The molecule has 9 heteroatoms. The van der Waals surface area contributed by atoms with Crippen LogP contribution in [0, 0.1) is 0 Å². The van der Waals surface area contributed by atoms with Gasteiger partial charge >= 0.3 is 6.03 Å². The molecule has 0 radical (unpaired) electrons. The topological polar surface area (TPSA) is 78.0 Å². The molecule has 2 aromatic rings. The number of halogens is 1. The van der Waals surface area contributed by atoms with Crippen molar-refractivity contribution in [3.8, 4) is 0 Å². The minimum Gasteiger partial charge on any atom is -0.312 e. The fourth-order valence-corrected chi connectivity index (χ4v) is 5.38. The van der Waals surface area contributed by atoms with Crippen LogP contribution in [0.4, 0.5) is 10.5 Å². The van der Waals surface area contributed by atoms with Crippen molar-refractivity contribution < 1.29 is 18.0 Å². The maximum atomic E-state index is 12.8. The highest BCUT2D eigenvalue weighted by molar-refractivity contribution is 7.89. The first-order valence-electron chi connectivity index (χ1n) is 9.32. The monoisotopic (exact) mass is 433 g/mol. The molecule has 29 heavy (non-hydrogen) atoms. The smallest absolute Gasteiger partial charge is 0.312 e. The van der Waals surface area contributed by atoms with E-state index in [0.29, 0.717) is 36.6 Å². The summed E-state index contributed by atoms with van der Waals surface area (Å²) >= 11 is 5.84. The summed E-state index contributed by atoms with van der Waals surface area (Å²) in [6.45, 7) is 0.597. The summed E-state index contributed by atoms with van der Waals surface area (Å²) < 4.78 is 27.1. The van der Waals surface area contributed by atoms with E-state index in [1.807, 2.05) is 6.07 Å². The lowest BCUT2D eigenvalue weighted by molar-refractivity contribution is -0.116. The van der Waals surface area contributed by atoms with Crippen molar-refractivity contribution in [3.05, 3.63) is 59.6 Å². The van der Waals surface area contributed by atoms with Crippen LogP contribution >= 0.6 is 11.6 Å². The van der Waals surface area contributed by atoms with E-state index in [9.17, 15) is 18.0 Å². The van der Waals surface area contributed by atoms with Gasteiger partial charge in [-0.3, -0.25) is 4.79 Å². The second kappa shape index (κ2) is 7.78. The van der Waals surface area contributed by atoms with E-state index in [2.05, 4.69) is 0 Å². The van der Waals surface area contributed by atoms with Crippen molar-refractivity contribution in [1.29, 1.82) is 0 Å². The molecule has 2 aliphatic heterocycles. The van der Waals surface area contributed by atoms with Gasteiger partial charge in [-0.15, -0.1) is 0 Å². The summed E-state index contributed by atoms with van der Waals surface area (Å²) in [6, 6.07) is 14.4. The number of para-hydroxylation sites is 1. The first-order valence-corrected chi connectivity index (χ1v) is 11.1. The lowest BCUT2D eigenvalue weighted by Gasteiger charge is -2.35. The second-order valence-electron chi connectivity index (χ2n) is 7.06. The molecule has 152 valence electrons. The Kier molecular flexibility index (Phi) is 5.33. The molecule has 0 unspecified atom stereocenters. The zero-order valence-corrected chi connectivity index (χ0v) is 17.1. The minimum absolute atomic E-state index is 0.0162. The molecule has 0 atom stereocenters. The number of carbonyl (C=O) groups is 2.